The molecule has 2 fully saturated rings. The molecule has 2 heterocycles. The van der Waals surface area contributed by atoms with E-state index in [0.717, 1.165) is 38.1 Å². The minimum atomic E-state index is 0.198. The van der Waals surface area contributed by atoms with Crippen LogP contribution in [0.3, 0.4) is 0 Å². The number of carbonyl (C=O) groups excluding carboxylic acids is 1. The highest BCUT2D eigenvalue weighted by molar-refractivity contribution is 5.76. The Balaban J connectivity index is 1.67. The molecule has 1 amide bonds. The smallest absolute Gasteiger partial charge is 0.220 e. The van der Waals surface area contributed by atoms with Crippen LogP contribution in [0.5, 0.6) is 5.75 Å². The predicted molar refractivity (Wildman–Crippen MR) is 86.8 cm³/mol. The van der Waals surface area contributed by atoms with Crippen LogP contribution in [0.4, 0.5) is 0 Å². The molecule has 2 aliphatic heterocycles. The van der Waals surface area contributed by atoms with Gasteiger partial charge in [0.25, 0.3) is 0 Å². The third kappa shape index (κ3) is 3.61. The van der Waals surface area contributed by atoms with Crippen molar-refractivity contribution in [2.24, 2.45) is 0 Å². The fraction of sp³-hybridized carbons (Fsp3) is 0.611. The number of nitrogens with zero attached hydrogens (tertiary/aromatic N) is 1. The van der Waals surface area contributed by atoms with Gasteiger partial charge < -0.3 is 10.1 Å². The van der Waals surface area contributed by atoms with Crippen molar-refractivity contribution in [2.45, 2.75) is 64.3 Å². The van der Waals surface area contributed by atoms with E-state index in [4.69, 9.17) is 4.74 Å². The summed E-state index contributed by atoms with van der Waals surface area (Å²) in [6, 6.07) is 9.21. The number of fused-ring (bicyclic) bond motifs is 1. The molecule has 1 aromatic rings. The molecule has 0 radical (unpaired) electrons. The molecule has 2 aliphatic rings. The highest BCUT2D eigenvalue weighted by Gasteiger charge is 2.36. The summed E-state index contributed by atoms with van der Waals surface area (Å²) in [6.07, 6.45) is 4.06. The van der Waals surface area contributed by atoms with Crippen molar-refractivity contribution >= 4 is 5.91 Å². The molecule has 3 rings (SSSR count). The molecule has 120 valence electrons. The van der Waals surface area contributed by atoms with Crippen molar-refractivity contribution in [1.29, 1.82) is 0 Å². The Morgan fingerprint density at radius 1 is 1.36 bits per heavy atom. The average molecular weight is 302 g/mol. The maximum atomic E-state index is 11.7. The second-order valence-corrected chi connectivity index (χ2v) is 6.71. The summed E-state index contributed by atoms with van der Waals surface area (Å²) in [6.45, 7) is 6.09. The summed E-state index contributed by atoms with van der Waals surface area (Å²) in [5.74, 6) is 1.17. The highest BCUT2D eigenvalue weighted by atomic mass is 16.5. The number of nitrogens with one attached hydrogen (secondary N) is 1. The minimum absolute atomic E-state index is 0.198. The lowest BCUT2D eigenvalue weighted by Crippen LogP contribution is -2.42. The van der Waals surface area contributed by atoms with Gasteiger partial charge in [0.1, 0.15) is 5.75 Å². The zero-order valence-corrected chi connectivity index (χ0v) is 13.5. The first-order valence-electron chi connectivity index (χ1n) is 8.41. The van der Waals surface area contributed by atoms with Crippen LogP contribution in [0, 0.1) is 0 Å². The number of rotatable bonds is 4. The van der Waals surface area contributed by atoms with Gasteiger partial charge in [0.2, 0.25) is 5.91 Å². The second-order valence-electron chi connectivity index (χ2n) is 6.71. The maximum Gasteiger partial charge on any atom is 0.220 e. The van der Waals surface area contributed by atoms with Crippen LogP contribution in [-0.2, 0) is 11.3 Å². The standard InChI is InChI=1S/C18H26N2O2/c1-13(2)22-15-6-3-5-14(11-15)12-20-10-9-16-17(20)7-4-8-18(21)19-16/h3,5-6,11,13,16-17H,4,7-10,12H2,1-2H3,(H,19,21)/t16-,17-/m1/s1. The van der Waals surface area contributed by atoms with Crippen LogP contribution < -0.4 is 10.1 Å². The van der Waals surface area contributed by atoms with Gasteiger partial charge in [-0.3, -0.25) is 9.69 Å². The molecule has 4 nitrogen and oxygen atoms in total. The molecule has 0 bridgehead atoms. The van der Waals surface area contributed by atoms with Crippen LogP contribution >= 0.6 is 0 Å². The molecule has 2 saturated heterocycles. The molecule has 1 N–H and O–H groups in total. The van der Waals surface area contributed by atoms with Gasteiger partial charge in [-0.15, -0.1) is 0 Å². The summed E-state index contributed by atoms with van der Waals surface area (Å²) < 4.78 is 5.78. The van der Waals surface area contributed by atoms with Crippen LogP contribution in [0.1, 0.15) is 45.1 Å². The predicted octanol–water partition coefficient (Wildman–Crippen LogP) is 2.72. The van der Waals surface area contributed by atoms with E-state index in [1.54, 1.807) is 0 Å². The Morgan fingerprint density at radius 3 is 3.05 bits per heavy atom. The number of amides is 1. The van der Waals surface area contributed by atoms with E-state index in [1.807, 2.05) is 19.9 Å². The Morgan fingerprint density at radius 2 is 2.23 bits per heavy atom. The van der Waals surface area contributed by atoms with Crippen molar-refractivity contribution in [1.82, 2.24) is 10.2 Å². The van der Waals surface area contributed by atoms with E-state index < -0.39 is 0 Å². The maximum absolute atomic E-state index is 11.7. The van der Waals surface area contributed by atoms with E-state index in [-0.39, 0.29) is 12.0 Å². The van der Waals surface area contributed by atoms with Crippen molar-refractivity contribution < 1.29 is 9.53 Å². The number of likely N-dealkylation sites (tertiary alicyclic amines) is 1. The zero-order chi connectivity index (χ0) is 15.5. The SMILES string of the molecule is CC(C)Oc1cccc(CN2CC[C@H]3NC(=O)CCC[C@H]32)c1. The lowest BCUT2D eigenvalue weighted by molar-refractivity contribution is -0.121. The van der Waals surface area contributed by atoms with Crippen molar-refractivity contribution in [2.75, 3.05) is 6.54 Å². The summed E-state index contributed by atoms with van der Waals surface area (Å²) in [7, 11) is 0. The highest BCUT2D eigenvalue weighted by Crippen LogP contribution is 2.27. The Bertz CT molecular complexity index is 530. The summed E-state index contributed by atoms with van der Waals surface area (Å²) in [5.41, 5.74) is 1.29. The Labute approximate surface area is 132 Å². The van der Waals surface area contributed by atoms with Crippen LogP contribution in [-0.4, -0.2) is 35.5 Å². The average Bonchev–Trinajstić information content (AvgIpc) is 2.71. The first kappa shape index (κ1) is 15.3. The third-order valence-corrected chi connectivity index (χ3v) is 4.57. The van der Waals surface area contributed by atoms with E-state index in [9.17, 15) is 4.79 Å². The number of benzene rings is 1. The molecule has 0 saturated carbocycles. The summed E-state index contributed by atoms with van der Waals surface area (Å²) >= 11 is 0. The van der Waals surface area contributed by atoms with Gasteiger partial charge in [0, 0.05) is 31.6 Å². The summed E-state index contributed by atoms with van der Waals surface area (Å²) in [4.78, 5) is 14.2. The van der Waals surface area contributed by atoms with E-state index >= 15 is 0 Å². The van der Waals surface area contributed by atoms with Crippen molar-refractivity contribution in [3.05, 3.63) is 29.8 Å². The Kier molecular flexibility index (Phi) is 4.67. The van der Waals surface area contributed by atoms with E-state index in [0.29, 0.717) is 18.5 Å². The number of ether oxygens (including phenoxy) is 1. The third-order valence-electron chi connectivity index (χ3n) is 4.57. The molecule has 0 spiro atoms. The van der Waals surface area contributed by atoms with Crippen LogP contribution in [0.2, 0.25) is 0 Å². The fourth-order valence-electron chi connectivity index (χ4n) is 3.64. The molecule has 0 unspecified atom stereocenters. The lowest BCUT2D eigenvalue weighted by Gasteiger charge is -2.27. The first-order chi connectivity index (χ1) is 10.6. The number of hydrogen-bond acceptors (Lipinski definition) is 3. The fourth-order valence-corrected chi connectivity index (χ4v) is 3.64. The van der Waals surface area contributed by atoms with Gasteiger partial charge in [0.05, 0.1) is 6.10 Å². The molecule has 2 atom stereocenters. The molecule has 4 heteroatoms. The van der Waals surface area contributed by atoms with Gasteiger partial charge in [-0.05, 0) is 50.8 Å². The molecule has 1 aromatic carbocycles. The van der Waals surface area contributed by atoms with Gasteiger partial charge >= 0.3 is 0 Å². The van der Waals surface area contributed by atoms with Crippen LogP contribution in [0.25, 0.3) is 0 Å². The topological polar surface area (TPSA) is 41.6 Å². The quantitative estimate of drug-likeness (QED) is 0.930. The largest absolute Gasteiger partial charge is 0.491 e. The molecule has 22 heavy (non-hydrogen) atoms. The Hall–Kier alpha value is -1.55. The molecular weight excluding hydrogens is 276 g/mol. The van der Waals surface area contributed by atoms with Crippen molar-refractivity contribution in [3.63, 3.8) is 0 Å². The van der Waals surface area contributed by atoms with Gasteiger partial charge in [-0.2, -0.15) is 0 Å². The number of carbonyl (C=O) groups is 1. The van der Waals surface area contributed by atoms with Gasteiger partial charge in [-0.1, -0.05) is 12.1 Å². The van der Waals surface area contributed by atoms with E-state index in [1.165, 1.54) is 5.56 Å². The van der Waals surface area contributed by atoms with E-state index in [2.05, 4.69) is 28.4 Å². The first-order valence-corrected chi connectivity index (χ1v) is 8.41. The molecule has 0 aliphatic carbocycles. The zero-order valence-electron chi connectivity index (χ0n) is 13.5. The summed E-state index contributed by atoms with van der Waals surface area (Å²) in [5, 5.41) is 3.19. The number of hydrogen-bond donors (Lipinski definition) is 1. The monoisotopic (exact) mass is 302 g/mol. The second kappa shape index (κ2) is 6.69. The molecular formula is C18H26N2O2. The van der Waals surface area contributed by atoms with Crippen molar-refractivity contribution in [3.8, 4) is 5.75 Å². The minimum Gasteiger partial charge on any atom is -0.491 e. The molecule has 0 aromatic heterocycles. The van der Waals surface area contributed by atoms with Gasteiger partial charge in [0.15, 0.2) is 0 Å². The van der Waals surface area contributed by atoms with Gasteiger partial charge in [-0.25, -0.2) is 0 Å². The lowest BCUT2D eigenvalue weighted by atomic mass is 10.0. The normalized spacial score (nSPS) is 25.7. The van der Waals surface area contributed by atoms with Crippen LogP contribution in [0.15, 0.2) is 24.3 Å².